The van der Waals surface area contributed by atoms with E-state index in [9.17, 15) is 4.39 Å². The molecule has 0 amide bonds. The number of anilines is 1. The summed E-state index contributed by atoms with van der Waals surface area (Å²) in [5, 5.41) is 0. The zero-order chi connectivity index (χ0) is 11.5. The summed E-state index contributed by atoms with van der Waals surface area (Å²) in [6.45, 7) is 0. The van der Waals surface area contributed by atoms with E-state index < -0.39 is 5.82 Å². The van der Waals surface area contributed by atoms with Gasteiger partial charge in [-0.3, -0.25) is 0 Å². The average Bonchev–Trinajstić information content (AvgIpc) is 2.27. The summed E-state index contributed by atoms with van der Waals surface area (Å²) in [4.78, 5) is 7.58. The van der Waals surface area contributed by atoms with Crippen LogP contribution in [0.5, 0.6) is 11.6 Å². The second-order valence-electron chi connectivity index (χ2n) is 2.95. The van der Waals surface area contributed by atoms with E-state index in [1.807, 2.05) is 0 Å². The quantitative estimate of drug-likeness (QED) is 0.861. The third kappa shape index (κ3) is 2.27. The van der Waals surface area contributed by atoms with Gasteiger partial charge >= 0.3 is 0 Å². The summed E-state index contributed by atoms with van der Waals surface area (Å²) in [5.41, 5.74) is 6.00. The van der Waals surface area contributed by atoms with Crippen LogP contribution in [0.4, 0.5) is 10.1 Å². The second-order valence-corrected chi connectivity index (χ2v) is 3.81. The predicted octanol–water partition coefficient (Wildman–Crippen LogP) is 2.75. The van der Waals surface area contributed by atoms with Crippen molar-refractivity contribution in [1.82, 2.24) is 9.97 Å². The number of benzene rings is 1. The Hall–Kier alpha value is -1.69. The van der Waals surface area contributed by atoms with E-state index in [-0.39, 0.29) is 5.75 Å². The molecule has 2 N–H and O–H groups in total. The fourth-order valence-electron chi connectivity index (χ4n) is 1.08. The number of nitrogen functional groups attached to an aromatic ring is 1. The fourth-order valence-corrected chi connectivity index (χ4v) is 1.45. The van der Waals surface area contributed by atoms with E-state index in [0.717, 1.165) is 0 Å². The topological polar surface area (TPSA) is 61.0 Å². The Morgan fingerprint density at radius 2 is 2.19 bits per heavy atom. The Balaban J connectivity index is 2.32. The molecule has 0 aliphatic rings. The van der Waals surface area contributed by atoms with Crippen molar-refractivity contribution in [2.24, 2.45) is 0 Å². The van der Waals surface area contributed by atoms with E-state index >= 15 is 0 Å². The molecule has 0 aliphatic heterocycles. The number of aromatic nitrogens is 2. The molecule has 0 radical (unpaired) electrons. The van der Waals surface area contributed by atoms with Crippen molar-refractivity contribution >= 4 is 21.6 Å². The summed E-state index contributed by atoms with van der Waals surface area (Å²) < 4.78 is 18.8. The molecule has 0 saturated heterocycles. The molecule has 0 spiro atoms. The number of nitrogens with two attached hydrogens (primary N) is 1. The maximum Gasteiger partial charge on any atom is 0.222 e. The fraction of sp³-hybridized carbons (Fsp3) is 0. The Morgan fingerprint density at radius 1 is 1.38 bits per heavy atom. The second kappa shape index (κ2) is 4.44. The first-order chi connectivity index (χ1) is 7.66. The molecule has 2 aromatic rings. The number of halogens is 2. The minimum atomic E-state index is -0.446. The van der Waals surface area contributed by atoms with Gasteiger partial charge in [0.2, 0.25) is 5.88 Å². The minimum Gasteiger partial charge on any atom is -0.437 e. The van der Waals surface area contributed by atoms with Crippen molar-refractivity contribution in [1.29, 1.82) is 0 Å². The van der Waals surface area contributed by atoms with Crippen molar-refractivity contribution in [3.05, 3.63) is 41.0 Å². The van der Waals surface area contributed by atoms with Crippen LogP contribution in [0.25, 0.3) is 0 Å². The number of hydrogen-bond acceptors (Lipinski definition) is 4. The van der Waals surface area contributed by atoms with Gasteiger partial charge in [0, 0.05) is 18.3 Å². The van der Waals surface area contributed by atoms with Gasteiger partial charge in [-0.1, -0.05) is 0 Å². The van der Waals surface area contributed by atoms with E-state index in [1.54, 1.807) is 6.07 Å². The smallest absolute Gasteiger partial charge is 0.222 e. The Bertz CT molecular complexity index is 507. The number of hydrogen-bond donors (Lipinski definition) is 1. The lowest BCUT2D eigenvalue weighted by Crippen LogP contribution is -1.95. The lowest BCUT2D eigenvalue weighted by molar-refractivity contribution is 0.458. The van der Waals surface area contributed by atoms with Crippen molar-refractivity contribution in [3.8, 4) is 11.6 Å². The Labute approximate surface area is 99.4 Å². The molecule has 4 nitrogen and oxygen atoms in total. The van der Waals surface area contributed by atoms with Crippen LogP contribution in [-0.2, 0) is 0 Å². The molecule has 0 saturated carbocycles. The lowest BCUT2D eigenvalue weighted by atomic mass is 10.3. The first-order valence-corrected chi connectivity index (χ1v) is 5.14. The third-order valence-corrected chi connectivity index (χ3v) is 2.43. The number of ether oxygens (including phenoxy) is 1. The van der Waals surface area contributed by atoms with Gasteiger partial charge in [0.25, 0.3) is 0 Å². The van der Waals surface area contributed by atoms with Crippen LogP contribution in [0.1, 0.15) is 0 Å². The summed E-state index contributed by atoms with van der Waals surface area (Å²) >= 11 is 3.03. The molecule has 1 aromatic carbocycles. The van der Waals surface area contributed by atoms with Crippen LogP contribution in [0, 0.1) is 5.82 Å². The van der Waals surface area contributed by atoms with Crippen LogP contribution in [0.15, 0.2) is 35.2 Å². The normalized spacial score (nSPS) is 10.1. The van der Waals surface area contributed by atoms with E-state index in [0.29, 0.717) is 16.0 Å². The van der Waals surface area contributed by atoms with Gasteiger partial charge in [-0.25, -0.2) is 14.4 Å². The maximum atomic E-state index is 13.2. The standard InChI is InChI=1S/C10H7BrFN3O/c11-6-3-8(13)9(4-7(6)12)16-10-1-2-14-5-15-10/h1-5H,13H2. The number of rotatable bonds is 2. The highest BCUT2D eigenvalue weighted by atomic mass is 79.9. The van der Waals surface area contributed by atoms with Gasteiger partial charge in [-0.05, 0) is 22.0 Å². The summed E-state index contributed by atoms with van der Waals surface area (Å²) in [5.74, 6) is 0.0843. The molecule has 0 fully saturated rings. The largest absolute Gasteiger partial charge is 0.437 e. The molecular weight excluding hydrogens is 277 g/mol. The lowest BCUT2D eigenvalue weighted by Gasteiger charge is -2.07. The van der Waals surface area contributed by atoms with Gasteiger partial charge in [-0.2, -0.15) is 0 Å². The molecule has 0 aliphatic carbocycles. The zero-order valence-corrected chi connectivity index (χ0v) is 9.61. The van der Waals surface area contributed by atoms with Crippen LogP contribution >= 0.6 is 15.9 Å². The highest BCUT2D eigenvalue weighted by Gasteiger charge is 2.08. The van der Waals surface area contributed by atoms with Gasteiger partial charge in [0.1, 0.15) is 12.1 Å². The van der Waals surface area contributed by atoms with Gasteiger partial charge < -0.3 is 10.5 Å². The molecule has 16 heavy (non-hydrogen) atoms. The molecule has 1 heterocycles. The van der Waals surface area contributed by atoms with E-state index in [1.165, 1.54) is 24.7 Å². The summed E-state index contributed by atoms with van der Waals surface area (Å²) in [6, 6.07) is 4.19. The third-order valence-electron chi connectivity index (χ3n) is 1.82. The minimum absolute atomic E-state index is 0.222. The molecule has 6 heteroatoms. The maximum absolute atomic E-state index is 13.2. The van der Waals surface area contributed by atoms with Crippen molar-refractivity contribution in [2.75, 3.05) is 5.73 Å². The van der Waals surface area contributed by atoms with Gasteiger partial charge in [0.05, 0.1) is 10.2 Å². The highest BCUT2D eigenvalue weighted by Crippen LogP contribution is 2.30. The summed E-state index contributed by atoms with van der Waals surface area (Å²) in [7, 11) is 0. The SMILES string of the molecule is Nc1cc(Br)c(F)cc1Oc1ccncn1. The van der Waals surface area contributed by atoms with Crippen LogP contribution < -0.4 is 10.5 Å². The van der Waals surface area contributed by atoms with Crippen LogP contribution in [0.3, 0.4) is 0 Å². The van der Waals surface area contributed by atoms with Crippen LogP contribution in [0.2, 0.25) is 0 Å². The van der Waals surface area contributed by atoms with Crippen molar-refractivity contribution in [3.63, 3.8) is 0 Å². The molecule has 2 rings (SSSR count). The van der Waals surface area contributed by atoms with Crippen molar-refractivity contribution < 1.29 is 9.13 Å². The molecule has 1 aromatic heterocycles. The van der Waals surface area contributed by atoms with Crippen molar-refractivity contribution in [2.45, 2.75) is 0 Å². The molecule has 0 unspecified atom stereocenters. The Kier molecular flexibility index (Phi) is 3.00. The molecule has 0 atom stereocenters. The van der Waals surface area contributed by atoms with Crippen LogP contribution in [-0.4, -0.2) is 9.97 Å². The molecular formula is C10H7BrFN3O. The van der Waals surface area contributed by atoms with E-state index in [4.69, 9.17) is 10.5 Å². The highest BCUT2D eigenvalue weighted by molar-refractivity contribution is 9.10. The van der Waals surface area contributed by atoms with E-state index in [2.05, 4.69) is 25.9 Å². The Morgan fingerprint density at radius 3 is 2.88 bits per heavy atom. The van der Waals surface area contributed by atoms with Gasteiger partial charge in [-0.15, -0.1) is 0 Å². The zero-order valence-electron chi connectivity index (χ0n) is 8.02. The molecule has 0 bridgehead atoms. The predicted molar refractivity (Wildman–Crippen MR) is 60.6 cm³/mol. The average molecular weight is 284 g/mol. The summed E-state index contributed by atoms with van der Waals surface area (Å²) in [6.07, 6.45) is 2.86. The van der Waals surface area contributed by atoms with Gasteiger partial charge in [0.15, 0.2) is 5.75 Å². The monoisotopic (exact) mass is 283 g/mol. The first-order valence-electron chi connectivity index (χ1n) is 4.35. The number of nitrogens with zero attached hydrogens (tertiary/aromatic N) is 2. The molecule has 82 valence electrons. The first kappa shape index (κ1) is 10.8.